The third kappa shape index (κ3) is 3.19. The van der Waals surface area contributed by atoms with Gasteiger partial charge in [0.15, 0.2) is 0 Å². The van der Waals surface area contributed by atoms with Crippen molar-refractivity contribution >= 4 is 27.3 Å². The molecule has 1 aliphatic heterocycles. The molecule has 1 N–H and O–H groups in total. The molecule has 0 aliphatic carbocycles. The summed E-state index contributed by atoms with van der Waals surface area (Å²) in [6.45, 7) is 6.08. The molecule has 0 spiro atoms. The maximum atomic E-state index is 13.0. The van der Waals surface area contributed by atoms with E-state index in [0.717, 1.165) is 22.4 Å². The van der Waals surface area contributed by atoms with Crippen LogP contribution in [0.25, 0.3) is 11.1 Å². The summed E-state index contributed by atoms with van der Waals surface area (Å²) in [7, 11) is -3.60. The van der Waals surface area contributed by atoms with Gasteiger partial charge in [0.2, 0.25) is 0 Å². The lowest BCUT2D eigenvalue weighted by molar-refractivity contribution is 0.102. The zero-order valence-electron chi connectivity index (χ0n) is 16.6. The number of hydrogen-bond donors (Lipinski definition) is 1. The number of benzene rings is 3. The molecule has 0 radical (unpaired) electrons. The zero-order valence-corrected chi connectivity index (χ0v) is 17.4. The topological polar surface area (TPSA) is 66.5 Å². The molecule has 1 aliphatic rings. The van der Waals surface area contributed by atoms with Crippen molar-refractivity contribution in [3.05, 3.63) is 77.4 Å². The molecule has 0 aromatic heterocycles. The molecular formula is C23H22N2O3S. The molecular weight excluding hydrogens is 384 g/mol. The first kappa shape index (κ1) is 19.2. The summed E-state index contributed by atoms with van der Waals surface area (Å²) in [6, 6.07) is 17.9. The van der Waals surface area contributed by atoms with E-state index in [1.54, 1.807) is 43.3 Å². The molecule has 6 heteroatoms. The molecule has 3 aromatic rings. The van der Waals surface area contributed by atoms with Crippen molar-refractivity contribution < 1.29 is 13.2 Å². The van der Waals surface area contributed by atoms with Gasteiger partial charge in [-0.15, -0.1) is 0 Å². The van der Waals surface area contributed by atoms with E-state index in [4.69, 9.17) is 0 Å². The van der Waals surface area contributed by atoms with Gasteiger partial charge < -0.3 is 5.32 Å². The second-order valence-electron chi connectivity index (χ2n) is 7.17. The number of anilines is 2. The van der Waals surface area contributed by atoms with Crippen molar-refractivity contribution in [2.75, 3.05) is 16.2 Å². The molecule has 1 heterocycles. The van der Waals surface area contributed by atoms with Crippen molar-refractivity contribution in [3.8, 4) is 11.1 Å². The summed E-state index contributed by atoms with van der Waals surface area (Å²) in [5.41, 5.74) is 5.32. The number of rotatable bonds is 3. The van der Waals surface area contributed by atoms with Crippen LogP contribution in [0.3, 0.4) is 0 Å². The van der Waals surface area contributed by atoms with E-state index in [-0.39, 0.29) is 10.8 Å². The summed E-state index contributed by atoms with van der Waals surface area (Å²) in [5, 5.41) is 2.96. The number of hydrogen-bond acceptors (Lipinski definition) is 3. The molecule has 3 aromatic carbocycles. The van der Waals surface area contributed by atoms with E-state index >= 15 is 0 Å². The number of nitrogens with one attached hydrogen (secondary N) is 1. The molecule has 0 saturated carbocycles. The normalized spacial score (nSPS) is 14.1. The van der Waals surface area contributed by atoms with Gasteiger partial charge >= 0.3 is 0 Å². The number of amides is 1. The minimum Gasteiger partial charge on any atom is -0.322 e. The van der Waals surface area contributed by atoms with Crippen LogP contribution in [0.5, 0.6) is 0 Å². The lowest BCUT2D eigenvalue weighted by Gasteiger charge is -2.31. The van der Waals surface area contributed by atoms with Gasteiger partial charge in [-0.1, -0.05) is 35.9 Å². The Bertz CT molecular complexity index is 1230. The van der Waals surface area contributed by atoms with Gasteiger partial charge in [-0.2, -0.15) is 0 Å². The highest BCUT2D eigenvalue weighted by Gasteiger charge is 2.34. The molecule has 148 valence electrons. The Balaban J connectivity index is 1.78. The first-order valence-electron chi connectivity index (χ1n) is 9.47. The average molecular weight is 407 g/mol. The van der Waals surface area contributed by atoms with Crippen LogP contribution in [-0.2, 0) is 10.0 Å². The quantitative estimate of drug-likeness (QED) is 0.682. The minimum atomic E-state index is -3.60. The molecule has 0 bridgehead atoms. The van der Waals surface area contributed by atoms with E-state index in [2.05, 4.69) is 5.32 Å². The highest BCUT2D eigenvalue weighted by Crippen LogP contribution is 2.43. The van der Waals surface area contributed by atoms with Crippen molar-refractivity contribution in [2.24, 2.45) is 0 Å². The van der Waals surface area contributed by atoms with Gasteiger partial charge in [-0.3, -0.25) is 9.10 Å². The van der Waals surface area contributed by atoms with E-state index in [1.165, 1.54) is 4.31 Å². The van der Waals surface area contributed by atoms with Gasteiger partial charge in [-0.25, -0.2) is 8.42 Å². The van der Waals surface area contributed by atoms with Gasteiger partial charge in [-0.05, 0) is 56.7 Å². The largest absolute Gasteiger partial charge is 0.322 e. The number of sulfonamides is 1. The molecule has 0 fully saturated rings. The number of carbonyl (C=O) groups excluding carboxylic acids is 1. The maximum Gasteiger partial charge on any atom is 0.264 e. The van der Waals surface area contributed by atoms with Crippen LogP contribution in [-0.4, -0.2) is 20.9 Å². The molecule has 1 amide bonds. The number of carbonyl (C=O) groups is 1. The Morgan fingerprint density at radius 1 is 0.966 bits per heavy atom. The summed E-state index contributed by atoms with van der Waals surface area (Å²) in [6.07, 6.45) is 0. The SMILES string of the molecule is CCN1c2ccc(C(=O)Nc3ccc(C)cc3C)cc2-c2ccccc2S1(=O)=O. The standard InChI is InChI=1S/C23H22N2O3S/c1-4-25-21-12-10-17(23(26)24-20-11-9-15(2)13-16(20)3)14-19(21)18-7-5-6-8-22(18)29(25,27)28/h5-14H,4H2,1-3H3,(H,24,26). The van der Waals surface area contributed by atoms with Crippen molar-refractivity contribution in [3.63, 3.8) is 0 Å². The van der Waals surface area contributed by atoms with E-state index in [1.807, 2.05) is 38.1 Å². The fourth-order valence-corrected chi connectivity index (χ4v) is 5.46. The van der Waals surface area contributed by atoms with E-state index < -0.39 is 10.0 Å². The molecule has 0 unspecified atom stereocenters. The van der Waals surface area contributed by atoms with Crippen LogP contribution in [0.2, 0.25) is 0 Å². The highest BCUT2D eigenvalue weighted by molar-refractivity contribution is 7.93. The Morgan fingerprint density at radius 3 is 2.45 bits per heavy atom. The van der Waals surface area contributed by atoms with Crippen LogP contribution in [0, 0.1) is 13.8 Å². The monoisotopic (exact) mass is 406 g/mol. The fraction of sp³-hybridized carbons (Fsp3) is 0.174. The van der Waals surface area contributed by atoms with Crippen LogP contribution in [0.15, 0.2) is 65.6 Å². The number of fused-ring (bicyclic) bond motifs is 3. The van der Waals surface area contributed by atoms with Crippen molar-refractivity contribution in [1.82, 2.24) is 0 Å². The van der Waals surface area contributed by atoms with Gasteiger partial charge in [0.25, 0.3) is 15.9 Å². The van der Waals surface area contributed by atoms with Gasteiger partial charge in [0, 0.05) is 28.9 Å². The number of aryl methyl sites for hydroxylation is 2. The second kappa shape index (κ2) is 7.04. The highest BCUT2D eigenvalue weighted by atomic mass is 32.2. The first-order valence-corrected chi connectivity index (χ1v) is 10.9. The summed E-state index contributed by atoms with van der Waals surface area (Å²) < 4.78 is 27.3. The van der Waals surface area contributed by atoms with E-state index in [9.17, 15) is 13.2 Å². The Kier molecular flexibility index (Phi) is 4.67. The third-order valence-corrected chi connectivity index (χ3v) is 7.14. The van der Waals surface area contributed by atoms with Gasteiger partial charge in [0.05, 0.1) is 10.6 Å². The minimum absolute atomic E-state index is 0.228. The Hall–Kier alpha value is -3.12. The predicted octanol–water partition coefficient (Wildman–Crippen LogP) is 4.75. The first-order chi connectivity index (χ1) is 13.8. The van der Waals surface area contributed by atoms with Crippen LogP contribution in [0.4, 0.5) is 11.4 Å². The molecule has 29 heavy (non-hydrogen) atoms. The zero-order chi connectivity index (χ0) is 20.8. The maximum absolute atomic E-state index is 13.0. The predicted molar refractivity (Wildman–Crippen MR) is 116 cm³/mol. The molecule has 5 nitrogen and oxygen atoms in total. The molecule has 4 rings (SSSR count). The average Bonchev–Trinajstić information content (AvgIpc) is 2.70. The molecule has 0 atom stereocenters. The third-order valence-electron chi connectivity index (χ3n) is 5.19. The van der Waals surface area contributed by atoms with E-state index in [0.29, 0.717) is 23.4 Å². The smallest absolute Gasteiger partial charge is 0.264 e. The van der Waals surface area contributed by atoms with Crippen LogP contribution < -0.4 is 9.62 Å². The van der Waals surface area contributed by atoms with Gasteiger partial charge in [0.1, 0.15) is 0 Å². The van der Waals surface area contributed by atoms with Crippen LogP contribution >= 0.6 is 0 Å². The second-order valence-corrected chi connectivity index (χ2v) is 9.00. The fourth-order valence-electron chi connectivity index (χ4n) is 3.76. The Morgan fingerprint density at radius 2 is 1.72 bits per heavy atom. The summed E-state index contributed by atoms with van der Waals surface area (Å²) >= 11 is 0. The molecule has 0 saturated heterocycles. The number of nitrogens with zero attached hydrogens (tertiary/aromatic N) is 1. The Labute approximate surface area is 171 Å². The summed E-state index contributed by atoms with van der Waals surface area (Å²) in [4.78, 5) is 13.1. The van der Waals surface area contributed by atoms with Crippen molar-refractivity contribution in [2.45, 2.75) is 25.7 Å². The van der Waals surface area contributed by atoms with Crippen LogP contribution in [0.1, 0.15) is 28.4 Å². The van der Waals surface area contributed by atoms with Crippen molar-refractivity contribution in [1.29, 1.82) is 0 Å². The lowest BCUT2D eigenvalue weighted by Crippen LogP contribution is -2.34. The summed E-state index contributed by atoms with van der Waals surface area (Å²) in [5.74, 6) is -0.228. The lowest BCUT2D eigenvalue weighted by atomic mass is 9.99.